The molecule has 0 radical (unpaired) electrons. The number of hydrogen-bond acceptors (Lipinski definition) is 4. The summed E-state index contributed by atoms with van der Waals surface area (Å²) in [7, 11) is 1.81. The van der Waals surface area contributed by atoms with E-state index in [0.717, 1.165) is 44.3 Å². The minimum Gasteiger partial charge on any atom is -0.376 e. The van der Waals surface area contributed by atoms with Gasteiger partial charge in [0.05, 0.1) is 17.3 Å². The largest absolute Gasteiger partial charge is 0.376 e. The molecule has 120 valence electrons. The van der Waals surface area contributed by atoms with Crippen LogP contribution in [0.1, 0.15) is 64.6 Å². The smallest absolute Gasteiger partial charge is 0.0918 e. The lowest BCUT2D eigenvalue weighted by molar-refractivity contribution is -0.0894. The molecule has 2 rings (SSSR count). The van der Waals surface area contributed by atoms with Gasteiger partial charge in [-0.1, -0.05) is 20.8 Å². The third-order valence-electron chi connectivity index (χ3n) is 5.03. The van der Waals surface area contributed by atoms with Crippen LogP contribution in [-0.4, -0.2) is 22.5 Å². The molecule has 0 aliphatic heterocycles. The Morgan fingerprint density at radius 1 is 1.38 bits per heavy atom. The number of aryl methyl sites for hydroxylation is 1. The quantitative estimate of drug-likeness (QED) is 0.625. The molecule has 3 N–H and O–H groups in total. The lowest BCUT2D eigenvalue weighted by Crippen LogP contribution is -2.51. The molecule has 1 aliphatic rings. The maximum Gasteiger partial charge on any atom is 0.0918 e. The van der Waals surface area contributed by atoms with Crippen LogP contribution < -0.4 is 11.3 Å². The van der Waals surface area contributed by atoms with Crippen molar-refractivity contribution in [2.24, 2.45) is 11.3 Å². The van der Waals surface area contributed by atoms with Gasteiger partial charge in [0.15, 0.2) is 0 Å². The first-order valence-electron chi connectivity index (χ1n) is 8.01. The van der Waals surface area contributed by atoms with Crippen molar-refractivity contribution in [3.63, 3.8) is 0 Å². The second-order valence-electron chi connectivity index (χ2n) is 7.01. The van der Waals surface area contributed by atoms with E-state index < -0.39 is 0 Å². The third-order valence-corrected chi connectivity index (χ3v) is 5.03. The van der Waals surface area contributed by atoms with Crippen LogP contribution in [0, 0.1) is 5.41 Å². The second kappa shape index (κ2) is 6.46. The van der Waals surface area contributed by atoms with Crippen molar-refractivity contribution >= 4 is 0 Å². The minimum absolute atomic E-state index is 0.0207. The molecule has 1 atom stereocenters. The average molecular weight is 294 g/mol. The highest BCUT2D eigenvalue weighted by atomic mass is 16.5. The van der Waals surface area contributed by atoms with Gasteiger partial charge in [0.2, 0.25) is 0 Å². The zero-order valence-electron chi connectivity index (χ0n) is 13.9. The zero-order chi connectivity index (χ0) is 15.5. The van der Waals surface area contributed by atoms with Crippen LogP contribution >= 0.6 is 0 Å². The lowest BCUT2D eigenvalue weighted by Gasteiger charge is -2.46. The van der Waals surface area contributed by atoms with Crippen LogP contribution in [0.2, 0.25) is 0 Å². The highest BCUT2D eigenvalue weighted by Crippen LogP contribution is 2.47. The number of nitrogens with two attached hydrogens (primary N) is 1. The SMILES string of the molecule is CCCn1nccc1C(NN)C1(OC)CCC(C)(C)CC1. The van der Waals surface area contributed by atoms with Crippen LogP contribution in [0.5, 0.6) is 0 Å². The van der Waals surface area contributed by atoms with Gasteiger partial charge in [0, 0.05) is 19.9 Å². The van der Waals surface area contributed by atoms with Gasteiger partial charge in [-0.25, -0.2) is 5.43 Å². The summed E-state index contributed by atoms with van der Waals surface area (Å²) in [5, 5.41) is 4.43. The predicted molar refractivity (Wildman–Crippen MR) is 84.6 cm³/mol. The van der Waals surface area contributed by atoms with E-state index in [1.165, 1.54) is 0 Å². The Kier molecular flexibility index (Phi) is 5.07. The van der Waals surface area contributed by atoms with Gasteiger partial charge in [-0.05, 0) is 43.6 Å². The monoisotopic (exact) mass is 294 g/mol. The summed E-state index contributed by atoms with van der Waals surface area (Å²) in [6, 6.07) is 2.04. The van der Waals surface area contributed by atoms with E-state index in [0.29, 0.717) is 5.41 Å². The molecule has 1 heterocycles. The van der Waals surface area contributed by atoms with Crippen LogP contribution in [0.25, 0.3) is 0 Å². The molecule has 0 aromatic carbocycles. The van der Waals surface area contributed by atoms with Crippen molar-refractivity contribution in [3.05, 3.63) is 18.0 Å². The molecule has 0 amide bonds. The van der Waals surface area contributed by atoms with Crippen LogP contribution in [0.15, 0.2) is 12.3 Å². The Bertz CT molecular complexity index is 445. The Balaban J connectivity index is 2.27. The highest BCUT2D eigenvalue weighted by molar-refractivity contribution is 5.14. The van der Waals surface area contributed by atoms with E-state index in [1.54, 1.807) is 0 Å². The molecular formula is C16H30N4O. The third kappa shape index (κ3) is 3.30. The van der Waals surface area contributed by atoms with Gasteiger partial charge < -0.3 is 4.74 Å². The van der Waals surface area contributed by atoms with E-state index in [9.17, 15) is 0 Å². The molecule has 0 saturated heterocycles. The molecule has 1 aromatic rings. The summed E-state index contributed by atoms with van der Waals surface area (Å²) in [6.45, 7) is 7.73. The fourth-order valence-corrected chi connectivity index (χ4v) is 3.45. The molecule has 1 aromatic heterocycles. The molecule has 21 heavy (non-hydrogen) atoms. The topological polar surface area (TPSA) is 65.1 Å². The molecule has 1 saturated carbocycles. The molecule has 0 spiro atoms. The Morgan fingerprint density at radius 2 is 2.05 bits per heavy atom. The second-order valence-corrected chi connectivity index (χ2v) is 7.01. The van der Waals surface area contributed by atoms with Gasteiger partial charge in [-0.15, -0.1) is 0 Å². The first-order chi connectivity index (χ1) is 9.98. The number of rotatable bonds is 6. The van der Waals surface area contributed by atoms with Crippen LogP contribution in [0.3, 0.4) is 0 Å². The van der Waals surface area contributed by atoms with E-state index >= 15 is 0 Å². The van der Waals surface area contributed by atoms with Crippen molar-refractivity contribution in [1.82, 2.24) is 15.2 Å². The maximum atomic E-state index is 6.00. The van der Waals surface area contributed by atoms with Gasteiger partial charge in [0.25, 0.3) is 0 Å². The molecule has 5 nitrogen and oxygen atoms in total. The summed E-state index contributed by atoms with van der Waals surface area (Å²) in [5.74, 6) is 5.92. The fraction of sp³-hybridized carbons (Fsp3) is 0.812. The van der Waals surface area contributed by atoms with Crippen LogP contribution in [0.4, 0.5) is 0 Å². The standard InChI is InChI=1S/C16H30N4O/c1-5-12-20-13(6-11-18-20)14(19-17)16(21-4)9-7-15(2,3)8-10-16/h6,11,14,19H,5,7-10,12,17H2,1-4H3. The van der Waals surface area contributed by atoms with Crippen molar-refractivity contribution < 1.29 is 4.74 Å². The maximum absolute atomic E-state index is 6.00. The minimum atomic E-state index is -0.240. The number of ether oxygens (including phenoxy) is 1. The Labute approximate surface area is 128 Å². The first kappa shape index (κ1) is 16.5. The van der Waals surface area contributed by atoms with E-state index in [1.807, 2.05) is 18.0 Å². The van der Waals surface area contributed by atoms with E-state index in [2.05, 4.69) is 37.4 Å². The average Bonchev–Trinajstić information content (AvgIpc) is 2.90. The fourth-order valence-electron chi connectivity index (χ4n) is 3.45. The lowest BCUT2D eigenvalue weighted by atomic mass is 9.68. The summed E-state index contributed by atoms with van der Waals surface area (Å²) in [5.41, 5.74) is 4.29. The number of hydrazine groups is 1. The van der Waals surface area contributed by atoms with E-state index in [-0.39, 0.29) is 11.6 Å². The summed E-state index contributed by atoms with van der Waals surface area (Å²) >= 11 is 0. The normalized spacial score (nSPS) is 22.1. The van der Waals surface area contributed by atoms with Crippen molar-refractivity contribution in [1.29, 1.82) is 0 Å². The van der Waals surface area contributed by atoms with Crippen molar-refractivity contribution in [2.75, 3.05) is 7.11 Å². The van der Waals surface area contributed by atoms with Crippen molar-refractivity contribution in [2.45, 2.75) is 71.1 Å². The molecular weight excluding hydrogens is 264 g/mol. The van der Waals surface area contributed by atoms with Crippen LogP contribution in [-0.2, 0) is 11.3 Å². The number of hydrogen-bond donors (Lipinski definition) is 2. The predicted octanol–water partition coefficient (Wildman–Crippen LogP) is 2.78. The van der Waals surface area contributed by atoms with Gasteiger partial charge >= 0.3 is 0 Å². The van der Waals surface area contributed by atoms with Crippen molar-refractivity contribution in [3.8, 4) is 0 Å². The zero-order valence-corrected chi connectivity index (χ0v) is 13.9. The highest BCUT2D eigenvalue weighted by Gasteiger charge is 2.45. The summed E-state index contributed by atoms with van der Waals surface area (Å²) < 4.78 is 8.05. The van der Waals surface area contributed by atoms with Gasteiger partial charge in [-0.3, -0.25) is 10.5 Å². The number of aromatic nitrogens is 2. The molecule has 1 aliphatic carbocycles. The number of nitrogens with one attached hydrogen (secondary N) is 1. The van der Waals surface area contributed by atoms with E-state index in [4.69, 9.17) is 10.6 Å². The molecule has 1 fully saturated rings. The Morgan fingerprint density at radius 3 is 2.57 bits per heavy atom. The number of nitrogens with zero attached hydrogens (tertiary/aromatic N) is 2. The van der Waals surface area contributed by atoms with Gasteiger partial charge in [0.1, 0.15) is 0 Å². The first-order valence-corrected chi connectivity index (χ1v) is 8.01. The summed E-state index contributed by atoms with van der Waals surface area (Å²) in [6.07, 6.45) is 7.25. The van der Waals surface area contributed by atoms with Gasteiger partial charge in [-0.2, -0.15) is 5.10 Å². The Hall–Kier alpha value is -0.910. The number of methoxy groups -OCH3 is 1. The molecule has 1 unspecified atom stereocenters. The molecule has 5 heteroatoms. The molecule has 0 bridgehead atoms. The summed E-state index contributed by atoms with van der Waals surface area (Å²) in [4.78, 5) is 0.